The summed E-state index contributed by atoms with van der Waals surface area (Å²) in [6.45, 7) is 14.2. The molecular weight excluding hydrogens is 436 g/mol. The summed E-state index contributed by atoms with van der Waals surface area (Å²) in [6.07, 6.45) is 41.2. The van der Waals surface area contributed by atoms with Crippen LogP contribution in [0.15, 0.2) is 72.9 Å². The number of hydrogen-bond donors (Lipinski definition) is 0. The van der Waals surface area contributed by atoms with E-state index in [0.717, 1.165) is 25.7 Å². The zero-order valence-electron chi connectivity index (χ0n) is 18.6. The third kappa shape index (κ3) is 46.7. The number of hydrogen-bond acceptors (Lipinski definition) is 0. The van der Waals surface area contributed by atoms with Crippen LogP contribution in [0.1, 0.15) is 59.8 Å². The molecule has 0 amide bonds. The molecule has 0 aromatic carbocycles. The van der Waals surface area contributed by atoms with Gasteiger partial charge in [-0.1, -0.05) is 20.3 Å². The normalized spacial score (nSPS) is 13.2. The van der Waals surface area contributed by atoms with Gasteiger partial charge in [-0.3, -0.25) is 24.3 Å². The third-order valence-electron chi connectivity index (χ3n) is 2.34. The average molecular weight is 474 g/mol. The Hall–Kier alpha value is -1.04. The molecule has 4 aliphatic carbocycles. The van der Waals surface area contributed by atoms with Crippen LogP contribution in [0.3, 0.4) is 0 Å². The van der Waals surface area contributed by atoms with Crippen LogP contribution >= 0.6 is 0 Å². The molecule has 0 N–H and O–H groups in total. The summed E-state index contributed by atoms with van der Waals surface area (Å²) < 4.78 is 0. The molecule has 0 saturated carbocycles. The van der Waals surface area contributed by atoms with Crippen molar-refractivity contribution in [3.63, 3.8) is 0 Å². The molecule has 0 aliphatic heterocycles. The summed E-state index contributed by atoms with van der Waals surface area (Å²) in [5.41, 5.74) is 0. The van der Waals surface area contributed by atoms with Crippen LogP contribution in [0.5, 0.6) is 0 Å². The Bertz CT molecular complexity index is 345. The second-order valence-corrected chi connectivity index (χ2v) is 4.72. The number of rotatable bonds is 0. The van der Waals surface area contributed by atoms with E-state index in [1.165, 1.54) is 6.42 Å². The van der Waals surface area contributed by atoms with E-state index in [2.05, 4.69) is 76.3 Å². The van der Waals surface area contributed by atoms with Crippen molar-refractivity contribution in [2.45, 2.75) is 59.8 Å². The van der Waals surface area contributed by atoms with E-state index < -0.39 is 0 Å². The van der Waals surface area contributed by atoms with Crippen molar-refractivity contribution in [2.24, 2.45) is 0 Å². The largest absolute Gasteiger partial charge is 3.00 e. The van der Waals surface area contributed by atoms with Crippen molar-refractivity contribution >= 4 is 0 Å². The smallest absolute Gasteiger partial charge is 0.346 e. The third-order valence-corrected chi connectivity index (χ3v) is 2.34. The van der Waals surface area contributed by atoms with Crippen LogP contribution in [-0.4, -0.2) is 0 Å². The summed E-state index contributed by atoms with van der Waals surface area (Å²) in [6, 6.07) is 0. The Morgan fingerprint density at radius 1 is 0.517 bits per heavy atom. The van der Waals surface area contributed by atoms with Gasteiger partial charge in [-0.05, 0) is 0 Å². The van der Waals surface area contributed by atoms with Gasteiger partial charge in [0.25, 0.3) is 0 Å². The summed E-state index contributed by atoms with van der Waals surface area (Å²) in [4.78, 5) is 0. The molecule has 4 aliphatic rings. The van der Waals surface area contributed by atoms with Gasteiger partial charge in [0, 0.05) is 0 Å². The maximum Gasteiger partial charge on any atom is 3.00 e. The van der Waals surface area contributed by atoms with Crippen LogP contribution in [0, 0.1) is 38.2 Å². The minimum absolute atomic E-state index is 0. The second kappa shape index (κ2) is 45.6. The summed E-state index contributed by atoms with van der Waals surface area (Å²) >= 11 is 0. The van der Waals surface area contributed by atoms with Crippen molar-refractivity contribution < 1.29 is 34.1 Å². The van der Waals surface area contributed by atoms with Gasteiger partial charge in [0.1, 0.15) is 0 Å². The van der Waals surface area contributed by atoms with E-state index in [-0.39, 0.29) is 34.1 Å². The first kappa shape index (κ1) is 38.5. The molecule has 2 heteroatoms. The maximum atomic E-state index is 3.25. The average Bonchev–Trinajstić information content (AvgIpc) is 3.58. The van der Waals surface area contributed by atoms with E-state index in [1.54, 1.807) is 13.8 Å². The van der Waals surface area contributed by atoms with Gasteiger partial charge in [0.05, 0.1) is 0 Å². The predicted octanol–water partition coefficient (Wildman–Crippen LogP) is 8.31. The molecule has 0 bridgehead atoms. The van der Waals surface area contributed by atoms with Gasteiger partial charge in [-0.15, -0.1) is 25.7 Å². The Kier molecular flexibility index (Phi) is 60.6. The van der Waals surface area contributed by atoms with Gasteiger partial charge in [-0.2, -0.15) is 38.2 Å². The maximum absolute atomic E-state index is 3.25. The van der Waals surface area contributed by atoms with Crippen LogP contribution < -0.4 is 0 Å². The molecule has 0 atom stereocenters. The molecule has 162 valence electrons. The summed E-state index contributed by atoms with van der Waals surface area (Å²) in [7, 11) is 0. The zero-order chi connectivity index (χ0) is 20.8. The monoisotopic (exact) mass is 474 g/mol. The van der Waals surface area contributed by atoms with Crippen molar-refractivity contribution in [2.75, 3.05) is 0 Å². The van der Waals surface area contributed by atoms with Crippen molar-refractivity contribution in [1.82, 2.24) is 0 Å². The molecule has 0 saturated heterocycles. The van der Waals surface area contributed by atoms with Gasteiger partial charge in [-0.25, -0.2) is 48.6 Å². The van der Waals surface area contributed by atoms with Gasteiger partial charge >= 0.3 is 34.1 Å². The molecule has 0 nitrogen and oxygen atoms in total. The Balaban J connectivity index is -0.0000000787. The van der Waals surface area contributed by atoms with Gasteiger partial charge in [0.2, 0.25) is 0 Å². The summed E-state index contributed by atoms with van der Waals surface area (Å²) in [5, 5.41) is 0. The number of allylic oxidation sites excluding steroid dienone is 16. The minimum atomic E-state index is 0. The first-order valence-electron chi connectivity index (χ1n) is 9.70. The van der Waals surface area contributed by atoms with Crippen LogP contribution in [0.4, 0.5) is 0 Å². The van der Waals surface area contributed by atoms with E-state index in [0.29, 0.717) is 0 Å². The van der Waals surface area contributed by atoms with Crippen molar-refractivity contribution in [3.8, 4) is 0 Å². The van der Waals surface area contributed by atoms with Gasteiger partial charge < -0.3 is 13.8 Å². The Labute approximate surface area is 204 Å². The minimum Gasteiger partial charge on any atom is -0.346 e. The van der Waals surface area contributed by atoms with Crippen LogP contribution in [0.2, 0.25) is 0 Å². The molecule has 2 radical (unpaired) electrons. The van der Waals surface area contributed by atoms with E-state index in [4.69, 9.17) is 0 Å². The van der Waals surface area contributed by atoms with E-state index in [9.17, 15) is 0 Å². The topological polar surface area (TPSA) is 0 Å². The Morgan fingerprint density at radius 3 is 0.724 bits per heavy atom. The first-order chi connectivity index (χ1) is 13.4. The van der Waals surface area contributed by atoms with Crippen molar-refractivity contribution in [1.29, 1.82) is 0 Å². The van der Waals surface area contributed by atoms with Gasteiger partial charge in [0.15, 0.2) is 0 Å². The molecule has 0 fully saturated rings. The standard InChI is InChI=1S/4C5H5.C3H8.2C2H5.2Fe/c4*1-2-4-5-3-1;1-3-2;2*1-2;;/h4*1-3H,4H2;3H2,1-2H3;2*1H2,2H3;;/q4*-1;;2*-1;2*+3. The zero-order valence-corrected chi connectivity index (χ0v) is 20.8. The molecule has 0 aromatic rings. The molecule has 4 rings (SSSR count). The molecule has 29 heavy (non-hydrogen) atoms. The van der Waals surface area contributed by atoms with Crippen molar-refractivity contribution in [3.05, 3.63) is 111 Å². The first-order valence-corrected chi connectivity index (χ1v) is 9.70. The van der Waals surface area contributed by atoms with E-state index in [1.807, 2.05) is 48.6 Å². The quantitative estimate of drug-likeness (QED) is 0.245. The molecular formula is C27H38Fe2. The fraction of sp³-hybridized carbons (Fsp3) is 0.333. The SMILES string of the molecule is CCC.[C-]1=CC=CC1.[C-]1=CC=CC1.[C-]1=CC=CC1.[C-]1=CC=CC1.[CH2-]C.[CH2-]C.[Fe+3].[Fe+3]. The molecule has 0 heterocycles. The van der Waals surface area contributed by atoms with Crippen LogP contribution in [0.25, 0.3) is 0 Å². The van der Waals surface area contributed by atoms with E-state index >= 15 is 0 Å². The fourth-order valence-electron chi connectivity index (χ4n) is 1.36. The second-order valence-electron chi connectivity index (χ2n) is 4.72. The fourth-order valence-corrected chi connectivity index (χ4v) is 1.36. The summed E-state index contributed by atoms with van der Waals surface area (Å²) in [5.74, 6) is 0. The van der Waals surface area contributed by atoms with Crippen LogP contribution in [-0.2, 0) is 34.1 Å². The predicted molar refractivity (Wildman–Crippen MR) is 124 cm³/mol. The molecule has 0 aromatic heterocycles. The molecule has 0 unspecified atom stereocenters. The molecule has 0 spiro atoms. The Morgan fingerprint density at radius 2 is 0.690 bits per heavy atom.